The highest BCUT2D eigenvalue weighted by molar-refractivity contribution is 7.89. The van der Waals surface area contributed by atoms with Gasteiger partial charge in [-0.3, -0.25) is 10.1 Å². The van der Waals surface area contributed by atoms with Gasteiger partial charge in [0.2, 0.25) is 10.0 Å². The fraction of sp³-hybridized carbons (Fsp3) is 0.375. The molecule has 0 saturated carbocycles. The molecule has 0 saturated heterocycles. The molecule has 0 fully saturated rings. The number of hydrogen-bond acceptors (Lipinski definition) is 6. The largest absolute Gasteiger partial charge is 0.449 e. The van der Waals surface area contributed by atoms with Gasteiger partial charge < -0.3 is 10.1 Å². The molecule has 0 bridgehead atoms. The maximum absolute atomic E-state index is 13.2. The van der Waals surface area contributed by atoms with Crippen molar-refractivity contribution in [3.63, 3.8) is 0 Å². The molecule has 2 aromatic rings. The van der Waals surface area contributed by atoms with E-state index in [4.69, 9.17) is 4.74 Å². The Bertz CT molecular complexity index is 1200. The third-order valence-electron chi connectivity index (χ3n) is 5.18. The summed E-state index contributed by atoms with van der Waals surface area (Å²) in [5.74, 6) is -1.68. The molecule has 1 unspecified atom stereocenters. The normalized spacial score (nSPS) is 15.1. The first-order valence-corrected chi connectivity index (χ1v) is 12.3. The summed E-state index contributed by atoms with van der Waals surface area (Å²) >= 11 is 0. The maximum atomic E-state index is 13.2. The smallest absolute Gasteiger partial charge is 0.338 e. The number of carbonyl (C=O) groups excluding carboxylic acids is 3. The molecule has 3 amide bonds. The summed E-state index contributed by atoms with van der Waals surface area (Å²) < 4.78 is 32.9. The average Bonchev–Trinajstić information content (AvgIpc) is 2.77. The number of amides is 3. The van der Waals surface area contributed by atoms with E-state index < -0.39 is 39.6 Å². The van der Waals surface area contributed by atoms with E-state index in [-0.39, 0.29) is 17.0 Å². The van der Waals surface area contributed by atoms with Crippen molar-refractivity contribution in [2.75, 3.05) is 6.54 Å². The predicted octanol–water partition coefficient (Wildman–Crippen LogP) is 2.60. The van der Waals surface area contributed by atoms with E-state index in [2.05, 4.69) is 10.6 Å². The number of benzene rings is 2. The molecular weight excluding hydrogens is 458 g/mol. The van der Waals surface area contributed by atoms with Gasteiger partial charge in [0.15, 0.2) is 6.10 Å². The Kier molecular flexibility index (Phi) is 7.42. The van der Waals surface area contributed by atoms with Crippen LogP contribution in [0.2, 0.25) is 0 Å². The molecule has 2 N–H and O–H groups in total. The summed E-state index contributed by atoms with van der Waals surface area (Å²) in [5.41, 5.74) is 1.50. The summed E-state index contributed by atoms with van der Waals surface area (Å²) in [7, 11) is -3.85. The van der Waals surface area contributed by atoms with E-state index in [0.29, 0.717) is 13.0 Å². The lowest BCUT2D eigenvalue weighted by Crippen LogP contribution is -2.50. The fourth-order valence-corrected chi connectivity index (χ4v) is 4.94. The van der Waals surface area contributed by atoms with Gasteiger partial charge in [0, 0.05) is 18.6 Å². The number of nitrogens with zero attached hydrogens (tertiary/aromatic N) is 1. The van der Waals surface area contributed by atoms with E-state index in [9.17, 15) is 22.8 Å². The Morgan fingerprint density at radius 3 is 2.38 bits per heavy atom. The SMILES string of the molecule is CC(OC(=O)c1cccc(S(=O)(=O)N2CCc3ccccc3C2)c1)C(=O)NC(=O)NC(C)(C)C. The van der Waals surface area contributed by atoms with Gasteiger partial charge in [-0.2, -0.15) is 4.31 Å². The summed E-state index contributed by atoms with van der Waals surface area (Å²) in [4.78, 5) is 36.6. The zero-order valence-corrected chi connectivity index (χ0v) is 20.4. The number of ether oxygens (including phenoxy) is 1. The van der Waals surface area contributed by atoms with Crippen LogP contribution >= 0.6 is 0 Å². The van der Waals surface area contributed by atoms with Crippen LogP contribution in [0.25, 0.3) is 0 Å². The number of hydrogen-bond donors (Lipinski definition) is 2. The van der Waals surface area contributed by atoms with Crippen LogP contribution in [0, 0.1) is 0 Å². The van der Waals surface area contributed by atoms with E-state index in [1.165, 1.54) is 35.5 Å². The lowest BCUT2D eigenvalue weighted by atomic mass is 10.0. The van der Waals surface area contributed by atoms with E-state index >= 15 is 0 Å². The molecule has 0 radical (unpaired) electrons. The molecule has 1 aliphatic rings. The minimum absolute atomic E-state index is 0.0164. The number of fused-ring (bicyclic) bond motifs is 1. The molecule has 0 spiro atoms. The van der Waals surface area contributed by atoms with Crippen molar-refractivity contribution in [3.8, 4) is 0 Å². The van der Waals surface area contributed by atoms with Crippen molar-refractivity contribution in [3.05, 3.63) is 65.2 Å². The van der Waals surface area contributed by atoms with Gasteiger partial charge in [-0.15, -0.1) is 0 Å². The lowest BCUT2D eigenvalue weighted by Gasteiger charge is -2.28. The number of rotatable bonds is 5. The Morgan fingerprint density at radius 2 is 1.71 bits per heavy atom. The minimum Gasteiger partial charge on any atom is -0.449 e. The third kappa shape index (κ3) is 6.21. The molecule has 34 heavy (non-hydrogen) atoms. The summed E-state index contributed by atoms with van der Waals surface area (Å²) in [6.07, 6.45) is -0.663. The average molecular weight is 488 g/mol. The van der Waals surface area contributed by atoms with Gasteiger partial charge >= 0.3 is 12.0 Å². The Hall–Kier alpha value is -3.24. The van der Waals surface area contributed by atoms with Crippen molar-refractivity contribution in [2.45, 2.75) is 57.2 Å². The van der Waals surface area contributed by atoms with Crippen LogP contribution in [0.5, 0.6) is 0 Å². The Morgan fingerprint density at radius 1 is 1.03 bits per heavy atom. The first-order chi connectivity index (χ1) is 15.9. The van der Waals surface area contributed by atoms with Crippen LogP contribution in [-0.4, -0.2) is 48.8 Å². The summed E-state index contributed by atoms with van der Waals surface area (Å²) in [5, 5.41) is 4.68. The number of esters is 1. The molecule has 3 rings (SSSR count). The maximum Gasteiger partial charge on any atom is 0.338 e. The standard InChI is InChI=1S/C24H29N3O6S/c1-16(21(28)25-23(30)26-24(2,3)4)33-22(29)18-10-7-11-20(14-18)34(31,32)27-13-12-17-8-5-6-9-19(17)15-27/h5-11,14,16H,12-13,15H2,1-4H3,(H2,25,26,28,30). The van der Waals surface area contributed by atoms with Gasteiger partial charge in [0.05, 0.1) is 10.5 Å². The predicted molar refractivity (Wildman–Crippen MR) is 125 cm³/mol. The van der Waals surface area contributed by atoms with E-state index in [1.54, 1.807) is 20.8 Å². The molecule has 9 nitrogen and oxygen atoms in total. The number of sulfonamides is 1. The van der Waals surface area contributed by atoms with Crippen molar-refractivity contribution in [1.29, 1.82) is 0 Å². The number of urea groups is 1. The molecule has 2 aromatic carbocycles. The zero-order valence-electron chi connectivity index (χ0n) is 19.6. The number of nitrogens with one attached hydrogen (secondary N) is 2. The van der Waals surface area contributed by atoms with Gasteiger partial charge in [0.25, 0.3) is 5.91 Å². The molecule has 1 atom stereocenters. The molecule has 1 heterocycles. The molecule has 10 heteroatoms. The quantitative estimate of drug-likeness (QED) is 0.625. The molecule has 0 aromatic heterocycles. The topological polar surface area (TPSA) is 122 Å². The van der Waals surface area contributed by atoms with Crippen LogP contribution in [0.4, 0.5) is 4.79 Å². The monoisotopic (exact) mass is 487 g/mol. The highest BCUT2D eigenvalue weighted by atomic mass is 32.2. The van der Waals surface area contributed by atoms with Gasteiger partial charge in [-0.1, -0.05) is 30.3 Å². The Balaban J connectivity index is 1.68. The first-order valence-electron chi connectivity index (χ1n) is 10.9. The van der Waals surface area contributed by atoms with Gasteiger partial charge in [-0.25, -0.2) is 18.0 Å². The van der Waals surface area contributed by atoms with Crippen molar-refractivity contribution in [1.82, 2.24) is 14.9 Å². The molecule has 0 aliphatic carbocycles. The van der Waals surface area contributed by atoms with Crippen LogP contribution in [0.1, 0.15) is 49.2 Å². The second-order valence-corrected chi connectivity index (χ2v) is 11.1. The first kappa shape index (κ1) is 25.4. The van der Waals surface area contributed by atoms with Crippen LogP contribution in [0.15, 0.2) is 53.4 Å². The molecule has 182 valence electrons. The molecule has 1 aliphatic heterocycles. The fourth-order valence-electron chi connectivity index (χ4n) is 3.48. The van der Waals surface area contributed by atoms with Crippen LogP contribution in [0.3, 0.4) is 0 Å². The molecular formula is C24H29N3O6S. The highest BCUT2D eigenvalue weighted by Gasteiger charge is 2.29. The highest BCUT2D eigenvalue weighted by Crippen LogP contribution is 2.25. The summed E-state index contributed by atoms with van der Waals surface area (Å²) in [6.45, 7) is 7.17. The van der Waals surface area contributed by atoms with E-state index in [1.807, 2.05) is 24.3 Å². The van der Waals surface area contributed by atoms with Crippen LogP contribution < -0.4 is 10.6 Å². The van der Waals surface area contributed by atoms with Crippen molar-refractivity contribution < 1.29 is 27.5 Å². The third-order valence-corrected chi connectivity index (χ3v) is 7.02. The van der Waals surface area contributed by atoms with Crippen molar-refractivity contribution in [2.24, 2.45) is 0 Å². The second kappa shape index (κ2) is 9.94. The second-order valence-electron chi connectivity index (χ2n) is 9.13. The van der Waals surface area contributed by atoms with Gasteiger partial charge in [0.1, 0.15) is 0 Å². The number of carbonyl (C=O) groups is 3. The zero-order chi connectivity index (χ0) is 25.1. The lowest BCUT2D eigenvalue weighted by molar-refractivity contribution is -0.127. The summed E-state index contributed by atoms with van der Waals surface area (Å²) in [6, 6.07) is 12.5. The van der Waals surface area contributed by atoms with Crippen LogP contribution in [-0.2, 0) is 32.5 Å². The Labute approximate surface area is 199 Å². The number of imide groups is 1. The van der Waals surface area contributed by atoms with E-state index in [0.717, 1.165) is 11.1 Å². The minimum atomic E-state index is -3.85. The van der Waals surface area contributed by atoms with Crippen molar-refractivity contribution >= 4 is 27.9 Å². The van der Waals surface area contributed by atoms with Gasteiger partial charge in [-0.05, 0) is 63.4 Å².